The fourth-order valence-electron chi connectivity index (χ4n) is 2.06. The third-order valence-electron chi connectivity index (χ3n) is 2.92. The highest BCUT2D eigenvalue weighted by Crippen LogP contribution is 2.11. The van der Waals surface area contributed by atoms with Crippen molar-refractivity contribution < 1.29 is 9.53 Å². The maximum Gasteiger partial charge on any atom is 0.178 e. The smallest absolute Gasteiger partial charge is 0.178 e. The number of rotatable bonds is 3. The molecule has 2 rings (SSSR count). The van der Waals surface area contributed by atoms with E-state index in [2.05, 4.69) is 9.88 Å². The Morgan fingerprint density at radius 3 is 2.69 bits per heavy atom. The number of nitrogens with one attached hydrogen (secondary N) is 1. The Morgan fingerprint density at radius 2 is 2.12 bits per heavy atom. The number of nitrogens with zero attached hydrogens (tertiary/aromatic N) is 1. The number of hydrogen-bond donors (Lipinski definition) is 1. The minimum absolute atomic E-state index is 0.198. The Kier molecular flexibility index (Phi) is 3.41. The van der Waals surface area contributed by atoms with Gasteiger partial charge in [-0.3, -0.25) is 9.69 Å². The number of aromatic amines is 1. The van der Waals surface area contributed by atoms with Crippen LogP contribution in [0.5, 0.6) is 0 Å². The van der Waals surface area contributed by atoms with Crippen LogP contribution >= 0.6 is 0 Å². The topological polar surface area (TPSA) is 45.3 Å². The first-order valence-electron chi connectivity index (χ1n) is 5.66. The van der Waals surface area contributed by atoms with Gasteiger partial charge >= 0.3 is 0 Å². The van der Waals surface area contributed by atoms with E-state index >= 15 is 0 Å². The molecular weight excluding hydrogens is 204 g/mol. The lowest BCUT2D eigenvalue weighted by atomic mass is 10.1. The van der Waals surface area contributed by atoms with Gasteiger partial charge in [-0.15, -0.1) is 0 Å². The second-order valence-corrected chi connectivity index (χ2v) is 4.30. The molecule has 1 aliphatic heterocycles. The fraction of sp³-hybridized carbons (Fsp3) is 0.583. The van der Waals surface area contributed by atoms with Gasteiger partial charge in [0, 0.05) is 30.0 Å². The minimum Gasteiger partial charge on any atom is -0.379 e. The quantitative estimate of drug-likeness (QED) is 0.780. The van der Waals surface area contributed by atoms with Crippen LogP contribution in [-0.4, -0.2) is 48.5 Å². The van der Waals surface area contributed by atoms with Crippen LogP contribution in [0, 0.1) is 13.8 Å². The number of morpholine rings is 1. The normalized spacial score (nSPS) is 17.6. The Hall–Kier alpha value is -1.13. The molecule has 0 amide bonds. The first-order valence-corrected chi connectivity index (χ1v) is 5.66. The predicted octanol–water partition coefficient (Wildman–Crippen LogP) is 1.15. The van der Waals surface area contributed by atoms with Gasteiger partial charge in [0.2, 0.25) is 0 Å². The molecule has 0 radical (unpaired) electrons. The van der Waals surface area contributed by atoms with Gasteiger partial charge in [0.15, 0.2) is 5.78 Å². The van der Waals surface area contributed by atoms with Gasteiger partial charge in [-0.1, -0.05) is 0 Å². The maximum atomic E-state index is 12.0. The zero-order valence-corrected chi connectivity index (χ0v) is 9.88. The van der Waals surface area contributed by atoms with Crippen LogP contribution in [0.4, 0.5) is 0 Å². The van der Waals surface area contributed by atoms with E-state index < -0.39 is 0 Å². The Labute approximate surface area is 95.6 Å². The van der Waals surface area contributed by atoms with Crippen LogP contribution in [0.15, 0.2) is 6.07 Å². The van der Waals surface area contributed by atoms with E-state index in [1.807, 2.05) is 19.9 Å². The third-order valence-corrected chi connectivity index (χ3v) is 2.92. The molecule has 1 aromatic rings. The maximum absolute atomic E-state index is 12.0. The van der Waals surface area contributed by atoms with Crippen molar-refractivity contribution in [3.63, 3.8) is 0 Å². The summed E-state index contributed by atoms with van der Waals surface area (Å²) < 4.78 is 5.26. The molecule has 0 aromatic carbocycles. The van der Waals surface area contributed by atoms with Crippen LogP contribution in [0.2, 0.25) is 0 Å². The molecule has 16 heavy (non-hydrogen) atoms. The molecule has 1 aromatic heterocycles. The average Bonchev–Trinajstić information content (AvgIpc) is 2.59. The van der Waals surface area contributed by atoms with Gasteiger partial charge in [0.1, 0.15) is 0 Å². The zero-order chi connectivity index (χ0) is 11.5. The van der Waals surface area contributed by atoms with Crippen LogP contribution < -0.4 is 0 Å². The van der Waals surface area contributed by atoms with Crippen molar-refractivity contribution >= 4 is 5.78 Å². The lowest BCUT2D eigenvalue weighted by Crippen LogP contribution is -2.39. The van der Waals surface area contributed by atoms with E-state index in [1.165, 1.54) is 0 Å². The number of H-pyrrole nitrogens is 1. The largest absolute Gasteiger partial charge is 0.379 e. The highest BCUT2D eigenvalue weighted by atomic mass is 16.5. The molecule has 4 nitrogen and oxygen atoms in total. The highest BCUT2D eigenvalue weighted by molar-refractivity contribution is 5.98. The lowest BCUT2D eigenvalue weighted by Gasteiger charge is -2.25. The number of hydrogen-bond acceptors (Lipinski definition) is 3. The summed E-state index contributed by atoms with van der Waals surface area (Å²) in [6.45, 7) is 7.60. The van der Waals surface area contributed by atoms with E-state index in [1.54, 1.807) is 0 Å². The molecule has 4 heteroatoms. The Bertz CT molecular complexity index is 378. The molecule has 1 saturated heterocycles. The molecule has 2 heterocycles. The Balaban J connectivity index is 1.99. The van der Waals surface area contributed by atoms with Crippen LogP contribution in [0.3, 0.4) is 0 Å². The van der Waals surface area contributed by atoms with E-state index in [4.69, 9.17) is 4.74 Å². The van der Waals surface area contributed by atoms with Gasteiger partial charge in [0.05, 0.1) is 19.8 Å². The first-order chi connectivity index (χ1) is 7.66. The Morgan fingerprint density at radius 1 is 1.44 bits per heavy atom. The number of carbonyl (C=O) groups is 1. The molecule has 0 unspecified atom stereocenters. The van der Waals surface area contributed by atoms with Crippen molar-refractivity contribution in [2.75, 3.05) is 32.8 Å². The summed E-state index contributed by atoms with van der Waals surface area (Å²) in [4.78, 5) is 17.4. The van der Waals surface area contributed by atoms with Gasteiger partial charge in [-0.2, -0.15) is 0 Å². The second-order valence-electron chi connectivity index (χ2n) is 4.30. The van der Waals surface area contributed by atoms with Crippen molar-refractivity contribution in [1.29, 1.82) is 0 Å². The molecule has 0 spiro atoms. The highest BCUT2D eigenvalue weighted by Gasteiger charge is 2.17. The molecule has 88 valence electrons. The van der Waals surface area contributed by atoms with Crippen molar-refractivity contribution in [3.05, 3.63) is 23.0 Å². The molecule has 0 atom stereocenters. The second kappa shape index (κ2) is 4.80. The zero-order valence-electron chi connectivity index (χ0n) is 9.88. The van der Waals surface area contributed by atoms with Crippen LogP contribution in [0.1, 0.15) is 21.7 Å². The summed E-state index contributed by atoms with van der Waals surface area (Å²) in [6.07, 6.45) is 0. The number of ether oxygens (including phenoxy) is 1. The SMILES string of the molecule is Cc1cc(C(=O)CN2CCOCC2)c(C)[nH]1. The van der Waals surface area contributed by atoms with Gasteiger partial charge < -0.3 is 9.72 Å². The molecule has 0 saturated carbocycles. The molecule has 1 N–H and O–H groups in total. The van der Waals surface area contributed by atoms with Gasteiger partial charge in [-0.05, 0) is 19.9 Å². The number of carbonyl (C=O) groups excluding carboxylic acids is 1. The summed E-state index contributed by atoms with van der Waals surface area (Å²) in [7, 11) is 0. The fourth-order valence-corrected chi connectivity index (χ4v) is 2.06. The van der Waals surface area contributed by atoms with E-state index in [0.29, 0.717) is 6.54 Å². The van der Waals surface area contributed by atoms with Crippen molar-refractivity contribution in [3.8, 4) is 0 Å². The van der Waals surface area contributed by atoms with Crippen LogP contribution in [0.25, 0.3) is 0 Å². The molecule has 1 aliphatic rings. The van der Waals surface area contributed by atoms with Crippen molar-refractivity contribution in [2.24, 2.45) is 0 Å². The lowest BCUT2D eigenvalue weighted by molar-refractivity contribution is 0.0371. The van der Waals surface area contributed by atoms with Crippen LogP contribution in [-0.2, 0) is 4.74 Å². The summed E-state index contributed by atoms with van der Waals surface area (Å²) in [6, 6.07) is 1.93. The standard InChI is InChI=1S/C12H18N2O2/c1-9-7-11(10(2)13-9)12(15)8-14-3-5-16-6-4-14/h7,13H,3-6,8H2,1-2H3. The number of aryl methyl sites for hydroxylation is 2. The summed E-state index contributed by atoms with van der Waals surface area (Å²) >= 11 is 0. The molecular formula is C12H18N2O2. The number of ketones is 1. The monoisotopic (exact) mass is 222 g/mol. The summed E-state index contributed by atoms with van der Waals surface area (Å²) in [5, 5.41) is 0. The van der Waals surface area contributed by atoms with Crippen molar-refractivity contribution in [2.45, 2.75) is 13.8 Å². The van der Waals surface area contributed by atoms with Crippen molar-refractivity contribution in [1.82, 2.24) is 9.88 Å². The van der Waals surface area contributed by atoms with E-state index in [0.717, 1.165) is 43.3 Å². The van der Waals surface area contributed by atoms with E-state index in [-0.39, 0.29) is 5.78 Å². The number of Topliss-reactive ketones (excluding diaryl/α,β-unsaturated/α-hetero) is 1. The number of aromatic nitrogens is 1. The summed E-state index contributed by atoms with van der Waals surface area (Å²) in [5.74, 6) is 0.198. The molecule has 1 fully saturated rings. The van der Waals surface area contributed by atoms with E-state index in [9.17, 15) is 4.79 Å². The predicted molar refractivity (Wildman–Crippen MR) is 61.9 cm³/mol. The van der Waals surface area contributed by atoms with Gasteiger partial charge in [-0.25, -0.2) is 0 Å². The summed E-state index contributed by atoms with van der Waals surface area (Å²) in [5.41, 5.74) is 2.84. The average molecular weight is 222 g/mol. The molecule has 0 aliphatic carbocycles. The molecule has 0 bridgehead atoms. The minimum atomic E-state index is 0.198. The third kappa shape index (κ3) is 2.51. The van der Waals surface area contributed by atoms with Gasteiger partial charge in [0.25, 0.3) is 0 Å². The first kappa shape index (κ1) is 11.4.